The van der Waals surface area contributed by atoms with Gasteiger partial charge >= 0.3 is 5.69 Å². The summed E-state index contributed by atoms with van der Waals surface area (Å²) in [6, 6.07) is 3.80. The average molecular weight is 192 g/mol. The molecule has 1 aromatic heterocycles. The summed E-state index contributed by atoms with van der Waals surface area (Å²) in [6.07, 6.45) is 4.05. The smallest absolute Gasteiger partial charge is 0.313 e. The largest absolute Gasteiger partial charge is 0.340 e. The maximum atomic E-state index is 11.1. The molecule has 0 bridgehead atoms. The fraction of sp³-hybridized carbons (Fsp3) is 0.400. The van der Waals surface area contributed by atoms with E-state index in [0.717, 1.165) is 17.4 Å². The molecule has 14 heavy (non-hydrogen) atoms. The molecular weight excluding hydrogens is 180 g/mol. The minimum absolute atomic E-state index is 0.391. The molecule has 0 atom stereocenters. The van der Waals surface area contributed by atoms with Gasteiger partial charge in [-0.15, -0.1) is 0 Å². The first-order valence-electron chi connectivity index (χ1n) is 4.55. The molecule has 0 spiro atoms. The van der Waals surface area contributed by atoms with Crippen LogP contribution in [0.2, 0.25) is 0 Å². The van der Waals surface area contributed by atoms with Gasteiger partial charge in [0.25, 0.3) is 5.56 Å². The number of rotatable bonds is 2. The lowest BCUT2D eigenvalue weighted by atomic mass is 10.3. The SMILES string of the molecule is CCCCC#Cn1c(=O)cc[nH]c1=O. The molecule has 1 N–H and O–H groups in total. The summed E-state index contributed by atoms with van der Waals surface area (Å²) in [5.74, 6) is 2.78. The number of hydrogen-bond donors (Lipinski definition) is 1. The quantitative estimate of drug-likeness (QED) is 0.549. The van der Waals surface area contributed by atoms with Crippen molar-refractivity contribution in [3.63, 3.8) is 0 Å². The van der Waals surface area contributed by atoms with E-state index in [1.165, 1.54) is 12.3 Å². The number of nitrogens with zero attached hydrogens (tertiary/aromatic N) is 1. The number of unbranched alkanes of at least 4 members (excludes halogenated alkanes) is 2. The van der Waals surface area contributed by atoms with Crippen molar-refractivity contribution in [2.45, 2.75) is 26.2 Å². The number of aromatic amines is 1. The first kappa shape index (κ1) is 10.3. The minimum Gasteiger partial charge on any atom is -0.313 e. The summed E-state index contributed by atoms with van der Waals surface area (Å²) in [5.41, 5.74) is -0.876. The summed E-state index contributed by atoms with van der Waals surface area (Å²) in [6.45, 7) is 2.06. The van der Waals surface area contributed by atoms with Crippen LogP contribution in [0.15, 0.2) is 21.9 Å². The molecule has 1 heterocycles. The van der Waals surface area contributed by atoms with Gasteiger partial charge in [0.2, 0.25) is 0 Å². The molecule has 0 aliphatic heterocycles. The Morgan fingerprint density at radius 3 is 2.93 bits per heavy atom. The Kier molecular flexibility index (Phi) is 3.74. The summed E-state index contributed by atoms with van der Waals surface area (Å²) in [7, 11) is 0. The van der Waals surface area contributed by atoms with Gasteiger partial charge < -0.3 is 4.98 Å². The highest BCUT2D eigenvalue weighted by Crippen LogP contribution is 1.89. The van der Waals surface area contributed by atoms with Crippen molar-refractivity contribution >= 4 is 0 Å². The maximum absolute atomic E-state index is 11.1. The Hall–Kier alpha value is -1.76. The molecule has 0 radical (unpaired) electrons. The van der Waals surface area contributed by atoms with Crippen LogP contribution in [-0.2, 0) is 0 Å². The number of H-pyrrole nitrogens is 1. The summed E-state index contributed by atoms with van der Waals surface area (Å²) >= 11 is 0. The van der Waals surface area contributed by atoms with Gasteiger partial charge in [0.15, 0.2) is 0 Å². The van der Waals surface area contributed by atoms with Crippen molar-refractivity contribution in [2.24, 2.45) is 0 Å². The third kappa shape index (κ3) is 2.63. The number of hydrogen-bond acceptors (Lipinski definition) is 2. The lowest BCUT2D eigenvalue weighted by Crippen LogP contribution is -2.31. The first-order chi connectivity index (χ1) is 6.75. The van der Waals surface area contributed by atoms with Gasteiger partial charge in [0.05, 0.1) is 0 Å². The topological polar surface area (TPSA) is 54.9 Å². The predicted molar refractivity (Wildman–Crippen MR) is 54.0 cm³/mol. The zero-order valence-electron chi connectivity index (χ0n) is 8.04. The van der Waals surface area contributed by atoms with E-state index in [2.05, 4.69) is 23.9 Å². The molecule has 74 valence electrons. The molecule has 4 nitrogen and oxygen atoms in total. The first-order valence-corrected chi connectivity index (χ1v) is 4.55. The van der Waals surface area contributed by atoms with Gasteiger partial charge in [-0.2, -0.15) is 4.57 Å². The normalized spacial score (nSPS) is 9.21. The highest BCUT2D eigenvalue weighted by Gasteiger charge is 1.93. The zero-order valence-corrected chi connectivity index (χ0v) is 8.04. The van der Waals surface area contributed by atoms with Crippen LogP contribution in [0, 0.1) is 12.0 Å². The van der Waals surface area contributed by atoms with E-state index in [9.17, 15) is 9.59 Å². The Morgan fingerprint density at radius 1 is 1.50 bits per heavy atom. The van der Waals surface area contributed by atoms with Gasteiger partial charge in [-0.3, -0.25) is 4.79 Å². The Balaban J connectivity index is 2.90. The number of nitrogens with one attached hydrogen (secondary N) is 1. The van der Waals surface area contributed by atoms with Crippen molar-refractivity contribution in [3.05, 3.63) is 33.1 Å². The third-order valence-electron chi connectivity index (χ3n) is 1.70. The molecule has 0 aliphatic rings. The fourth-order valence-corrected chi connectivity index (χ4v) is 0.929. The van der Waals surface area contributed by atoms with Crippen LogP contribution in [0.5, 0.6) is 0 Å². The van der Waals surface area contributed by atoms with E-state index in [1.807, 2.05) is 0 Å². The third-order valence-corrected chi connectivity index (χ3v) is 1.70. The molecule has 0 saturated carbocycles. The van der Waals surface area contributed by atoms with Crippen molar-refractivity contribution in [2.75, 3.05) is 0 Å². The molecule has 0 fully saturated rings. The van der Waals surface area contributed by atoms with E-state index in [1.54, 1.807) is 0 Å². The fourth-order valence-electron chi connectivity index (χ4n) is 0.929. The lowest BCUT2D eigenvalue weighted by molar-refractivity contribution is 0.824. The van der Waals surface area contributed by atoms with Crippen molar-refractivity contribution in [1.82, 2.24) is 9.55 Å². The standard InChI is InChI=1S/C10H12N2O2/c1-2-3-4-5-8-12-9(13)6-7-11-10(12)14/h6-7H,2-4H2,1H3,(H,11,14). The van der Waals surface area contributed by atoms with E-state index in [0.29, 0.717) is 6.42 Å². The highest BCUT2D eigenvalue weighted by atomic mass is 16.2. The van der Waals surface area contributed by atoms with Crippen LogP contribution in [0.1, 0.15) is 26.2 Å². The van der Waals surface area contributed by atoms with E-state index >= 15 is 0 Å². The molecule has 1 aromatic rings. The second kappa shape index (κ2) is 5.07. The van der Waals surface area contributed by atoms with E-state index < -0.39 is 11.2 Å². The maximum Gasteiger partial charge on any atom is 0.340 e. The zero-order chi connectivity index (χ0) is 10.4. The highest BCUT2D eigenvalue weighted by molar-refractivity contribution is 5.03. The van der Waals surface area contributed by atoms with Crippen LogP contribution in [0.4, 0.5) is 0 Å². The molecule has 0 saturated heterocycles. The predicted octanol–water partition coefficient (Wildman–Crippen LogP) is 0.536. The van der Waals surface area contributed by atoms with Gasteiger partial charge in [0.1, 0.15) is 0 Å². The van der Waals surface area contributed by atoms with Crippen molar-refractivity contribution < 1.29 is 0 Å². The Bertz CT molecular complexity index is 431. The van der Waals surface area contributed by atoms with Gasteiger partial charge in [0, 0.05) is 24.7 Å². The molecule has 4 heteroatoms. The van der Waals surface area contributed by atoms with Crippen molar-refractivity contribution in [1.29, 1.82) is 0 Å². The summed E-state index contributed by atoms with van der Waals surface area (Å²) in [5, 5.41) is 0. The molecule has 0 aromatic carbocycles. The van der Waals surface area contributed by atoms with Crippen LogP contribution in [0.25, 0.3) is 0 Å². The molecular formula is C10H12N2O2. The second-order valence-electron chi connectivity index (χ2n) is 2.85. The van der Waals surface area contributed by atoms with Crippen LogP contribution in [-0.4, -0.2) is 9.55 Å². The van der Waals surface area contributed by atoms with E-state index in [4.69, 9.17) is 0 Å². The monoisotopic (exact) mass is 192 g/mol. The van der Waals surface area contributed by atoms with Crippen LogP contribution < -0.4 is 11.2 Å². The van der Waals surface area contributed by atoms with Crippen LogP contribution >= 0.6 is 0 Å². The molecule has 0 amide bonds. The molecule has 0 aliphatic carbocycles. The Morgan fingerprint density at radius 2 is 2.29 bits per heavy atom. The molecule has 1 rings (SSSR count). The van der Waals surface area contributed by atoms with E-state index in [-0.39, 0.29) is 0 Å². The average Bonchev–Trinajstić information content (AvgIpc) is 2.16. The van der Waals surface area contributed by atoms with Gasteiger partial charge in [-0.05, 0) is 6.42 Å². The van der Waals surface area contributed by atoms with Gasteiger partial charge in [-0.1, -0.05) is 19.3 Å². The molecule has 0 unspecified atom stereocenters. The van der Waals surface area contributed by atoms with Crippen molar-refractivity contribution in [3.8, 4) is 12.0 Å². The van der Waals surface area contributed by atoms with Crippen LogP contribution in [0.3, 0.4) is 0 Å². The Labute approximate surface area is 81.6 Å². The lowest BCUT2D eigenvalue weighted by Gasteiger charge is -1.90. The minimum atomic E-state index is -0.485. The number of aromatic nitrogens is 2. The second-order valence-corrected chi connectivity index (χ2v) is 2.85. The summed E-state index contributed by atoms with van der Waals surface area (Å²) in [4.78, 5) is 24.6. The summed E-state index contributed by atoms with van der Waals surface area (Å²) < 4.78 is 0.885. The van der Waals surface area contributed by atoms with Gasteiger partial charge in [-0.25, -0.2) is 4.79 Å².